The second-order valence-electron chi connectivity index (χ2n) is 5.49. The van der Waals surface area contributed by atoms with Crippen LogP contribution in [0.4, 0.5) is 25.8 Å². The molecular formula is C20H16F2N2O2. The zero-order valence-corrected chi connectivity index (χ0v) is 13.9. The highest BCUT2D eigenvalue weighted by molar-refractivity contribution is 6.04. The molecule has 0 heterocycles. The molecule has 132 valence electrons. The quantitative estimate of drug-likeness (QED) is 0.680. The minimum Gasteiger partial charge on any atom is -0.497 e. The third-order valence-corrected chi connectivity index (χ3v) is 3.71. The molecule has 0 aliphatic rings. The van der Waals surface area contributed by atoms with Gasteiger partial charge in [-0.05, 0) is 54.6 Å². The smallest absolute Gasteiger partial charge is 0.255 e. The number of hydrogen-bond donors (Lipinski definition) is 2. The number of methoxy groups -OCH3 is 1. The van der Waals surface area contributed by atoms with Crippen LogP contribution in [0.15, 0.2) is 66.7 Å². The summed E-state index contributed by atoms with van der Waals surface area (Å²) in [6.07, 6.45) is 0. The number of rotatable bonds is 5. The summed E-state index contributed by atoms with van der Waals surface area (Å²) in [6, 6.07) is 16.9. The number of anilines is 3. The van der Waals surface area contributed by atoms with E-state index in [0.717, 1.165) is 0 Å². The second kappa shape index (κ2) is 7.65. The molecule has 0 aliphatic carbocycles. The van der Waals surface area contributed by atoms with E-state index in [2.05, 4.69) is 10.6 Å². The van der Waals surface area contributed by atoms with Crippen molar-refractivity contribution in [1.82, 2.24) is 0 Å². The largest absolute Gasteiger partial charge is 0.497 e. The van der Waals surface area contributed by atoms with E-state index in [0.29, 0.717) is 22.7 Å². The molecule has 3 rings (SSSR count). The lowest BCUT2D eigenvalue weighted by atomic mass is 10.2. The van der Waals surface area contributed by atoms with Crippen LogP contribution < -0.4 is 15.4 Å². The number of carbonyl (C=O) groups is 1. The van der Waals surface area contributed by atoms with Crippen molar-refractivity contribution < 1.29 is 18.3 Å². The number of hydrogen-bond acceptors (Lipinski definition) is 3. The first-order valence-corrected chi connectivity index (χ1v) is 7.83. The average Bonchev–Trinajstić information content (AvgIpc) is 2.66. The van der Waals surface area contributed by atoms with Gasteiger partial charge in [0.05, 0.1) is 7.11 Å². The fourth-order valence-corrected chi connectivity index (χ4v) is 2.37. The molecule has 6 heteroatoms. The lowest BCUT2D eigenvalue weighted by Gasteiger charge is -2.10. The Morgan fingerprint density at radius 3 is 2.15 bits per heavy atom. The average molecular weight is 354 g/mol. The van der Waals surface area contributed by atoms with Gasteiger partial charge in [0.2, 0.25) is 0 Å². The summed E-state index contributed by atoms with van der Waals surface area (Å²) in [5, 5.41) is 5.44. The molecule has 2 N–H and O–H groups in total. The van der Waals surface area contributed by atoms with Crippen LogP contribution in [0.2, 0.25) is 0 Å². The maximum atomic E-state index is 13.7. The highest BCUT2D eigenvalue weighted by Gasteiger charge is 2.09. The molecule has 0 aliphatic heterocycles. The van der Waals surface area contributed by atoms with Crippen LogP contribution in [-0.2, 0) is 0 Å². The number of ether oxygens (including phenoxy) is 1. The first-order valence-electron chi connectivity index (χ1n) is 7.83. The number of halogens is 2. The molecule has 1 amide bonds. The summed E-state index contributed by atoms with van der Waals surface area (Å²) in [7, 11) is 1.53. The normalized spacial score (nSPS) is 10.3. The number of nitrogens with one attached hydrogen (secondary N) is 2. The van der Waals surface area contributed by atoms with E-state index in [1.54, 1.807) is 48.5 Å². The molecule has 0 spiro atoms. The number of amides is 1. The van der Waals surface area contributed by atoms with Crippen LogP contribution in [0, 0.1) is 11.6 Å². The van der Waals surface area contributed by atoms with Gasteiger partial charge in [-0.1, -0.05) is 12.1 Å². The van der Waals surface area contributed by atoms with Crippen LogP contribution in [0.3, 0.4) is 0 Å². The van der Waals surface area contributed by atoms with Crippen molar-refractivity contribution in [3.8, 4) is 5.75 Å². The van der Waals surface area contributed by atoms with Gasteiger partial charge in [0.1, 0.15) is 23.1 Å². The predicted molar refractivity (Wildman–Crippen MR) is 97.0 cm³/mol. The fourth-order valence-electron chi connectivity index (χ4n) is 2.37. The van der Waals surface area contributed by atoms with Gasteiger partial charge in [0, 0.05) is 16.9 Å². The van der Waals surface area contributed by atoms with Crippen LogP contribution in [0.5, 0.6) is 5.75 Å². The van der Waals surface area contributed by atoms with Gasteiger partial charge < -0.3 is 15.4 Å². The summed E-state index contributed by atoms with van der Waals surface area (Å²) in [6.45, 7) is 0. The van der Waals surface area contributed by atoms with Crippen molar-refractivity contribution in [2.45, 2.75) is 0 Å². The van der Waals surface area contributed by atoms with Crippen LogP contribution >= 0.6 is 0 Å². The zero-order valence-electron chi connectivity index (χ0n) is 13.9. The second-order valence-corrected chi connectivity index (χ2v) is 5.49. The lowest BCUT2D eigenvalue weighted by molar-refractivity contribution is 0.102. The van der Waals surface area contributed by atoms with Crippen molar-refractivity contribution in [2.24, 2.45) is 0 Å². The Morgan fingerprint density at radius 1 is 0.885 bits per heavy atom. The van der Waals surface area contributed by atoms with Crippen molar-refractivity contribution in [3.63, 3.8) is 0 Å². The van der Waals surface area contributed by atoms with Gasteiger partial charge in [-0.3, -0.25) is 4.79 Å². The molecule has 4 nitrogen and oxygen atoms in total. The van der Waals surface area contributed by atoms with E-state index in [4.69, 9.17) is 4.74 Å². The van der Waals surface area contributed by atoms with E-state index in [1.165, 1.54) is 25.3 Å². The minimum absolute atomic E-state index is 0.222. The maximum absolute atomic E-state index is 13.7. The van der Waals surface area contributed by atoms with Crippen LogP contribution in [-0.4, -0.2) is 13.0 Å². The Kier molecular flexibility index (Phi) is 5.12. The molecule has 26 heavy (non-hydrogen) atoms. The monoisotopic (exact) mass is 354 g/mol. The first kappa shape index (κ1) is 17.4. The molecule has 0 bridgehead atoms. The lowest BCUT2D eigenvalue weighted by Crippen LogP contribution is -2.11. The molecule has 0 aromatic heterocycles. The topological polar surface area (TPSA) is 50.4 Å². The van der Waals surface area contributed by atoms with Gasteiger partial charge in [-0.15, -0.1) is 0 Å². The number of carbonyl (C=O) groups excluding carboxylic acids is 1. The summed E-state index contributed by atoms with van der Waals surface area (Å²) >= 11 is 0. The highest BCUT2D eigenvalue weighted by Crippen LogP contribution is 2.24. The summed E-state index contributed by atoms with van der Waals surface area (Å²) in [5.74, 6) is -1.06. The third-order valence-electron chi connectivity index (χ3n) is 3.71. The van der Waals surface area contributed by atoms with Crippen molar-refractivity contribution in [1.29, 1.82) is 0 Å². The summed E-state index contributed by atoms with van der Waals surface area (Å²) in [4.78, 5) is 12.3. The highest BCUT2D eigenvalue weighted by atomic mass is 19.1. The molecule has 0 unspecified atom stereocenters. The Bertz CT molecular complexity index is 907. The summed E-state index contributed by atoms with van der Waals surface area (Å²) in [5.41, 5.74) is 1.28. The van der Waals surface area contributed by atoms with Crippen LogP contribution in [0.1, 0.15) is 10.4 Å². The van der Waals surface area contributed by atoms with Gasteiger partial charge >= 0.3 is 0 Å². The van der Waals surface area contributed by atoms with Gasteiger partial charge in [0.25, 0.3) is 5.91 Å². The SMILES string of the molecule is COc1cccc(C(=O)Nc2ccc(Nc3c(F)cccc3F)cc2)c1. The van der Waals surface area contributed by atoms with E-state index in [-0.39, 0.29) is 11.6 Å². The minimum atomic E-state index is -0.680. The Balaban J connectivity index is 1.70. The van der Waals surface area contributed by atoms with Crippen molar-refractivity contribution in [2.75, 3.05) is 17.7 Å². The molecule has 0 radical (unpaired) electrons. The van der Waals surface area contributed by atoms with E-state index in [1.807, 2.05) is 0 Å². The van der Waals surface area contributed by atoms with E-state index < -0.39 is 11.6 Å². The zero-order chi connectivity index (χ0) is 18.5. The van der Waals surface area contributed by atoms with Crippen molar-refractivity contribution >= 4 is 23.0 Å². The molecule has 0 saturated heterocycles. The fraction of sp³-hybridized carbons (Fsp3) is 0.0500. The molecule has 0 fully saturated rings. The standard InChI is InChI=1S/C20H16F2N2O2/c1-26-16-5-2-4-13(12-16)20(25)24-15-10-8-14(9-11-15)23-19-17(21)6-3-7-18(19)22/h2-12,23H,1H3,(H,24,25). The predicted octanol–water partition coefficient (Wildman–Crippen LogP) is 4.97. The van der Waals surface area contributed by atoms with Gasteiger partial charge in [0.15, 0.2) is 0 Å². The maximum Gasteiger partial charge on any atom is 0.255 e. The molecule has 0 saturated carbocycles. The van der Waals surface area contributed by atoms with Crippen LogP contribution in [0.25, 0.3) is 0 Å². The molecule has 3 aromatic rings. The Morgan fingerprint density at radius 2 is 1.50 bits per heavy atom. The van der Waals surface area contributed by atoms with Crippen molar-refractivity contribution in [3.05, 3.63) is 83.9 Å². The van der Waals surface area contributed by atoms with E-state index >= 15 is 0 Å². The van der Waals surface area contributed by atoms with E-state index in [9.17, 15) is 13.6 Å². The number of benzene rings is 3. The first-order chi connectivity index (χ1) is 12.6. The molecule has 0 atom stereocenters. The number of para-hydroxylation sites is 1. The van der Waals surface area contributed by atoms with Gasteiger partial charge in [-0.25, -0.2) is 8.78 Å². The summed E-state index contributed by atoms with van der Waals surface area (Å²) < 4.78 is 32.4. The third kappa shape index (κ3) is 3.97. The molecular weight excluding hydrogens is 338 g/mol. The van der Waals surface area contributed by atoms with Gasteiger partial charge in [-0.2, -0.15) is 0 Å². The Hall–Kier alpha value is -3.41. The Labute approximate surface area is 149 Å². The molecule has 3 aromatic carbocycles.